The van der Waals surface area contributed by atoms with Gasteiger partial charge in [0.1, 0.15) is 5.82 Å². The highest BCUT2D eigenvalue weighted by Gasteiger charge is 2.43. The molecule has 0 unspecified atom stereocenters. The van der Waals surface area contributed by atoms with E-state index in [1.807, 2.05) is 10.3 Å². The number of amides is 1. The number of fused-ring (bicyclic) bond motifs is 3. The number of hydrogen-bond acceptors (Lipinski definition) is 6. The first-order valence-electron chi connectivity index (χ1n) is 11.6. The van der Waals surface area contributed by atoms with Crippen molar-refractivity contribution in [2.24, 2.45) is 16.8 Å². The molecular weight excluding hydrogens is 441 g/mol. The average Bonchev–Trinajstić information content (AvgIpc) is 3.50. The number of rotatable bonds is 6. The first kappa shape index (κ1) is 22.2. The molecule has 2 bridgehead atoms. The molecule has 0 radical (unpaired) electrons. The number of aliphatic imine (C=N–C) groups is 1. The number of carbonyl (C=O) groups excluding carboxylic acids is 2. The van der Waals surface area contributed by atoms with Gasteiger partial charge in [0.05, 0.1) is 30.3 Å². The minimum atomic E-state index is -0.741. The minimum absolute atomic E-state index is 0.0445. The van der Waals surface area contributed by atoms with Crippen LogP contribution < -0.4 is 5.32 Å². The van der Waals surface area contributed by atoms with Crippen molar-refractivity contribution in [3.8, 4) is 0 Å². The summed E-state index contributed by atoms with van der Waals surface area (Å²) in [5.41, 5.74) is 1.87. The summed E-state index contributed by atoms with van der Waals surface area (Å²) in [5, 5.41) is 5.75. The van der Waals surface area contributed by atoms with E-state index in [4.69, 9.17) is 4.74 Å². The summed E-state index contributed by atoms with van der Waals surface area (Å²) in [4.78, 5) is 32.3. The van der Waals surface area contributed by atoms with Gasteiger partial charge in [0.25, 0.3) is 0 Å². The van der Waals surface area contributed by atoms with Crippen LogP contribution in [0.1, 0.15) is 57.6 Å². The van der Waals surface area contributed by atoms with Crippen molar-refractivity contribution in [3.63, 3.8) is 0 Å². The Hall–Kier alpha value is -2.61. The van der Waals surface area contributed by atoms with Crippen LogP contribution in [-0.4, -0.2) is 34.6 Å². The molecule has 6 nitrogen and oxygen atoms in total. The third-order valence-corrected chi connectivity index (χ3v) is 8.01. The predicted molar refractivity (Wildman–Crippen MR) is 125 cm³/mol. The number of benzene rings is 1. The van der Waals surface area contributed by atoms with Gasteiger partial charge in [0.2, 0.25) is 5.91 Å². The Bertz CT molecular complexity index is 1080. The van der Waals surface area contributed by atoms with Crippen LogP contribution in [0.2, 0.25) is 0 Å². The van der Waals surface area contributed by atoms with Crippen molar-refractivity contribution in [3.05, 3.63) is 58.0 Å². The molecule has 2 fully saturated rings. The first-order chi connectivity index (χ1) is 16.0. The molecule has 0 saturated heterocycles. The molecule has 8 heteroatoms. The molecule has 0 spiro atoms. The standard InChI is InChI=1S/C25H28FN3O3S/c1-3-32-24(31)22-14(2)27-25-29(23(22)18-6-4-5-7-19(18)26)17(13-33-25)12-21(30)28-20-11-15-8-9-16(20)10-15/h4-7,13,15-16,20,23H,3,8-12H2,1-2H3,(H,28,30)/t15-,16-,20+,23-/m0/s1. The topological polar surface area (TPSA) is 71.0 Å². The molecule has 4 atom stereocenters. The quantitative estimate of drug-likeness (QED) is 0.614. The summed E-state index contributed by atoms with van der Waals surface area (Å²) in [7, 11) is 0. The average molecular weight is 470 g/mol. The minimum Gasteiger partial charge on any atom is -0.463 e. The fourth-order valence-corrected chi connectivity index (χ4v) is 6.64. The number of thioether (sulfide) groups is 1. The van der Waals surface area contributed by atoms with Crippen LogP contribution in [-0.2, 0) is 14.3 Å². The maximum Gasteiger partial charge on any atom is 0.338 e. The van der Waals surface area contributed by atoms with E-state index in [2.05, 4.69) is 10.3 Å². The van der Waals surface area contributed by atoms with Gasteiger partial charge in [-0.25, -0.2) is 14.2 Å². The highest BCUT2D eigenvalue weighted by molar-refractivity contribution is 8.16. The van der Waals surface area contributed by atoms with Crippen LogP contribution in [0, 0.1) is 17.7 Å². The van der Waals surface area contributed by atoms with Gasteiger partial charge in [-0.2, -0.15) is 0 Å². The molecule has 1 aromatic rings. The zero-order valence-electron chi connectivity index (χ0n) is 18.8. The molecule has 2 aliphatic heterocycles. The van der Waals surface area contributed by atoms with Gasteiger partial charge in [-0.15, -0.1) is 0 Å². The molecule has 33 heavy (non-hydrogen) atoms. The van der Waals surface area contributed by atoms with Gasteiger partial charge in [-0.1, -0.05) is 36.4 Å². The molecule has 2 heterocycles. The second-order valence-electron chi connectivity index (χ2n) is 9.16. The van der Waals surface area contributed by atoms with Gasteiger partial charge >= 0.3 is 5.97 Å². The van der Waals surface area contributed by atoms with E-state index in [0.717, 1.165) is 12.3 Å². The molecule has 1 N–H and O–H groups in total. The molecule has 0 aromatic heterocycles. The molecule has 1 amide bonds. The summed E-state index contributed by atoms with van der Waals surface area (Å²) < 4.78 is 20.3. The lowest BCUT2D eigenvalue weighted by Crippen LogP contribution is -2.41. The van der Waals surface area contributed by atoms with Crippen LogP contribution >= 0.6 is 11.8 Å². The van der Waals surface area contributed by atoms with Gasteiger partial charge in [0.15, 0.2) is 5.17 Å². The normalized spacial score (nSPS) is 27.9. The number of amidine groups is 1. The number of nitrogens with zero attached hydrogens (tertiary/aromatic N) is 2. The zero-order chi connectivity index (χ0) is 23.1. The Morgan fingerprint density at radius 1 is 1.27 bits per heavy atom. The van der Waals surface area contributed by atoms with E-state index >= 15 is 0 Å². The predicted octanol–water partition coefficient (Wildman–Crippen LogP) is 4.66. The Labute approximate surface area is 197 Å². The van der Waals surface area contributed by atoms with Crippen LogP contribution in [0.15, 0.2) is 51.6 Å². The second-order valence-corrected chi connectivity index (χ2v) is 10.00. The Balaban J connectivity index is 1.43. The van der Waals surface area contributed by atoms with Gasteiger partial charge in [-0.05, 0) is 56.4 Å². The van der Waals surface area contributed by atoms with Gasteiger partial charge < -0.3 is 15.0 Å². The summed E-state index contributed by atoms with van der Waals surface area (Å²) in [6, 6.07) is 5.93. The van der Waals surface area contributed by atoms with Crippen molar-refractivity contribution < 1.29 is 18.7 Å². The summed E-state index contributed by atoms with van der Waals surface area (Å²) in [5.74, 6) is 0.352. The van der Waals surface area contributed by atoms with E-state index < -0.39 is 17.8 Å². The number of halogens is 1. The van der Waals surface area contributed by atoms with Crippen LogP contribution in [0.25, 0.3) is 0 Å². The Kier molecular flexibility index (Phi) is 6.03. The summed E-state index contributed by atoms with van der Waals surface area (Å²) >= 11 is 1.39. The van der Waals surface area contributed by atoms with E-state index in [1.54, 1.807) is 32.0 Å². The molecule has 2 saturated carbocycles. The molecule has 5 rings (SSSR count). The van der Waals surface area contributed by atoms with Crippen molar-refractivity contribution >= 4 is 28.8 Å². The smallest absolute Gasteiger partial charge is 0.338 e. The monoisotopic (exact) mass is 469 g/mol. The van der Waals surface area contributed by atoms with Crippen LogP contribution in [0.4, 0.5) is 4.39 Å². The lowest BCUT2D eigenvalue weighted by molar-refractivity contribution is -0.139. The fourth-order valence-electron chi connectivity index (χ4n) is 5.67. The first-order valence-corrected chi connectivity index (χ1v) is 12.5. The molecule has 4 aliphatic rings. The maximum absolute atomic E-state index is 15.0. The van der Waals surface area contributed by atoms with E-state index in [0.29, 0.717) is 33.6 Å². The van der Waals surface area contributed by atoms with Gasteiger partial charge in [0, 0.05) is 17.3 Å². The molecule has 1 aromatic carbocycles. The maximum atomic E-state index is 15.0. The van der Waals surface area contributed by atoms with E-state index in [9.17, 15) is 14.0 Å². The summed E-state index contributed by atoms with van der Waals surface area (Å²) in [6.07, 6.45) is 4.90. The van der Waals surface area contributed by atoms with Crippen LogP contribution in [0.5, 0.6) is 0 Å². The van der Waals surface area contributed by atoms with Crippen molar-refractivity contribution in [1.82, 2.24) is 10.2 Å². The number of esters is 1. The lowest BCUT2D eigenvalue weighted by atomic mass is 9.93. The van der Waals surface area contributed by atoms with Crippen molar-refractivity contribution in [2.75, 3.05) is 6.61 Å². The third kappa shape index (κ3) is 4.09. The lowest BCUT2D eigenvalue weighted by Gasteiger charge is -2.36. The third-order valence-electron chi connectivity index (χ3n) is 7.12. The van der Waals surface area contributed by atoms with E-state index in [1.165, 1.54) is 37.1 Å². The number of ether oxygens (including phenoxy) is 1. The highest BCUT2D eigenvalue weighted by atomic mass is 32.2. The molecular formula is C25H28FN3O3S. The Morgan fingerprint density at radius 2 is 2.09 bits per heavy atom. The summed E-state index contributed by atoms with van der Waals surface area (Å²) in [6.45, 7) is 3.69. The van der Waals surface area contributed by atoms with Gasteiger partial charge in [-0.3, -0.25) is 4.79 Å². The van der Waals surface area contributed by atoms with Crippen molar-refractivity contribution in [1.29, 1.82) is 0 Å². The largest absolute Gasteiger partial charge is 0.463 e. The fraction of sp³-hybridized carbons (Fsp3) is 0.480. The van der Waals surface area contributed by atoms with Crippen molar-refractivity contribution in [2.45, 2.75) is 58.0 Å². The zero-order valence-corrected chi connectivity index (χ0v) is 19.7. The molecule has 174 valence electrons. The number of nitrogens with one attached hydrogen (secondary N) is 1. The molecule has 2 aliphatic carbocycles. The number of allylic oxidation sites excluding steroid dienone is 1. The van der Waals surface area contributed by atoms with Crippen LogP contribution in [0.3, 0.4) is 0 Å². The number of carbonyl (C=O) groups is 2. The highest BCUT2D eigenvalue weighted by Crippen LogP contribution is 2.46. The Morgan fingerprint density at radius 3 is 2.79 bits per heavy atom. The SMILES string of the molecule is CCOC(=O)C1=C(C)N=C2SC=C(CC(=O)N[C@@H]3C[C@H]4CC[C@H]3C4)N2[C@H]1c1ccccc1F. The van der Waals surface area contributed by atoms with E-state index in [-0.39, 0.29) is 25.0 Å². The second kappa shape index (κ2) is 8.97. The number of hydrogen-bond donors (Lipinski definition) is 1.